The van der Waals surface area contributed by atoms with Crippen LogP contribution in [0.15, 0.2) is 18.3 Å². The number of hydrogen-bond acceptors (Lipinski definition) is 5. The van der Waals surface area contributed by atoms with E-state index >= 15 is 0 Å². The molecule has 0 spiro atoms. The summed E-state index contributed by atoms with van der Waals surface area (Å²) in [5, 5.41) is 9.01. The number of guanidine groups is 1. The first-order valence-corrected chi connectivity index (χ1v) is 5.65. The fourth-order valence-corrected chi connectivity index (χ4v) is 1.15. The number of pyridine rings is 1. The lowest BCUT2D eigenvalue weighted by molar-refractivity contribution is -0.140. The van der Waals surface area contributed by atoms with Crippen molar-refractivity contribution in [3.05, 3.63) is 29.0 Å². The zero-order chi connectivity index (χ0) is 14.8. The summed E-state index contributed by atoms with van der Waals surface area (Å²) in [6.07, 6.45) is 1.47. The van der Waals surface area contributed by atoms with E-state index in [0.717, 1.165) is 0 Å². The number of nitrogens with one attached hydrogen (secondary N) is 2. The van der Waals surface area contributed by atoms with Crippen molar-refractivity contribution in [1.82, 2.24) is 10.3 Å². The van der Waals surface area contributed by atoms with E-state index < -0.39 is 11.9 Å². The molecule has 0 radical (unpaired) electrons. The van der Waals surface area contributed by atoms with Gasteiger partial charge in [-0.1, -0.05) is 11.6 Å². The van der Waals surface area contributed by atoms with Gasteiger partial charge in [-0.3, -0.25) is 20.3 Å². The van der Waals surface area contributed by atoms with Crippen LogP contribution in [0.4, 0.5) is 0 Å². The Labute approximate surface area is 115 Å². The predicted molar refractivity (Wildman–Crippen MR) is 70.9 cm³/mol. The molecule has 19 heavy (non-hydrogen) atoms. The Morgan fingerprint density at radius 2 is 2.21 bits per heavy atom. The molecule has 0 bridgehead atoms. The monoisotopic (exact) mass is 286 g/mol. The molecule has 1 rings (SSSR count). The van der Waals surface area contributed by atoms with Crippen LogP contribution in [0, 0.1) is 5.41 Å². The lowest BCUT2D eigenvalue weighted by Crippen LogP contribution is -2.35. The number of carbonyl (C=O) groups is 2. The molecule has 0 aromatic carbocycles. The lowest BCUT2D eigenvalue weighted by atomic mass is 10.3. The normalized spacial score (nSPS) is 8.79. The van der Waals surface area contributed by atoms with Gasteiger partial charge in [0.1, 0.15) is 5.15 Å². The summed E-state index contributed by atoms with van der Waals surface area (Å²) in [5.74, 6) is -1.17. The Balaban J connectivity index is 0.000000459. The zero-order valence-corrected chi connectivity index (χ0v) is 11.3. The minimum Gasteiger partial charge on any atom is -0.466 e. The van der Waals surface area contributed by atoms with Crippen LogP contribution in [-0.2, 0) is 9.53 Å². The van der Waals surface area contributed by atoms with Gasteiger partial charge in [0.25, 0.3) is 5.91 Å². The Morgan fingerprint density at radius 1 is 1.58 bits per heavy atom. The van der Waals surface area contributed by atoms with Crippen LogP contribution in [0.2, 0.25) is 5.15 Å². The maximum atomic E-state index is 11.2. The maximum Gasteiger partial charge on any atom is 0.302 e. The van der Waals surface area contributed by atoms with E-state index in [1.807, 2.05) is 0 Å². The largest absolute Gasteiger partial charge is 0.466 e. The molecule has 4 N–H and O–H groups in total. The third-order valence-corrected chi connectivity index (χ3v) is 1.90. The first-order chi connectivity index (χ1) is 8.88. The molecule has 0 saturated carbocycles. The summed E-state index contributed by atoms with van der Waals surface area (Å²) in [5.41, 5.74) is 5.16. The van der Waals surface area contributed by atoms with Crippen LogP contribution in [-0.4, -0.2) is 29.4 Å². The second kappa shape index (κ2) is 8.87. The predicted octanol–water partition coefficient (Wildman–Crippen LogP) is 0.928. The SMILES string of the molecule is CCOC(C)=O.N=C(N)NC(=O)c1cccnc1Cl. The van der Waals surface area contributed by atoms with E-state index in [0.29, 0.717) is 6.61 Å². The highest BCUT2D eigenvalue weighted by atomic mass is 35.5. The molecule has 1 amide bonds. The van der Waals surface area contributed by atoms with Crippen molar-refractivity contribution in [3.8, 4) is 0 Å². The first kappa shape index (κ1) is 16.9. The zero-order valence-electron chi connectivity index (χ0n) is 10.6. The van der Waals surface area contributed by atoms with Gasteiger partial charge in [-0.25, -0.2) is 4.98 Å². The van der Waals surface area contributed by atoms with Crippen molar-refractivity contribution in [3.63, 3.8) is 0 Å². The number of amides is 1. The Morgan fingerprint density at radius 3 is 2.58 bits per heavy atom. The van der Waals surface area contributed by atoms with Crippen molar-refractivity contribution in [2.45, 2.75) is 13.8 Å². The molecule has 0 aliphatic rings. The van der Waals surface area contributed by atoms with Crippen LogP contribution in [0.25, 0.3) is 0 Å². The number of nitrogens with two attached hydrogens (primary N) is 1. The van der Waals surface area contributed by atoms with Crippen LogP contribution in [0.5, 0.6) is 0 Å². The second-order valence-corrected chi connectivity index (χ2v) is 3.49. The summed E-state index contributed by atoms with van der Waals surface area (Å²) in [7, 11) is 0. The average molecular weight is 287 g/mol. The summed E-state index contributed by atoms with van der Waals surface area (Å²) in [4.78, 5) is 24.7. The van der Waals surface area contributed by atoms with E-state index in [-0.39, 0.29) is 16.7 Å². The summed E-state index contributed by atoms with van der Waals surface area (Å²) in [6.45, 7) is 3.65. The van der Waals surface area contributed by atoms with E-state index in [1.54, 1.807) is 13.0 Å². The average Bonchev–Trinajstić information content (AvgIpc) is 2.29. The van der Waals surface area contributed by atoms with Gasteiger partial charge in [0.2, 0.25) is 0 Å². The van der Waals surface area contributed by atoms with Crippen LogP contribution in [0.3, 0.4) is 0 Å². The number of nitrogens with zero attached hydrogens (tertiary/aromatic N) is 1. The van der Waals surface area contributed by atoms with Gasteiger partial charge < -0.3 is 10.5 Å². The number of ether oxygens (including phenoxy) is 1. The third kappa shape index (κ3) is 7.72. The van der Waals surface area contributed by atoms with Gasteiger partial charge in [0.15, 0.2) is 5.96 Å². The van der Waals surface area contributed by atoms with Crippen molar-refractivity contribution in [2.75, 3.05) is 6.61 Å². The molecule has 8 heteroatoms. The molecule has 1 aromatic rings. The summed E-state index contributed by atoms with van der Waals surface area (Å²) < 4.78 is 4.40. The van der Waals surface area contributed by atoms with Gasteiger partial charge >= 0.3 is 5.97 Å². The van der Waals surface area contributed by atoms with Gasteiger partial charge in [0, 0.05) is 13.1 Å². The highest BCUT2D eigenvalue weighted by Gasteiger charge is 2.10. The fraction of sp³-hybridized carbons (Fsp3) is 0.273. The van der Waals surface area contributed by atoms with E-state index in [4.69, 9.17) is 22.7 Å². The quantitative estimate of drug-likeness (QED) is 0.323. The van der Waals surface area contributed by atoms with Crippen molar-refractivity contribution >= 4 is 29.4 Å². The minimum atomic E-state index is -0.536. The highest BCUT2D eigenvalue weighted by molar-refractivity contribution is 6.33. The van der Waals surface area contributed by atoms with Crippen molar-refractivity contribution < 1.29 is 14.3 Å². The number of esters is 1. The summed E-state index contributed by atoms with van der Waals surface area (Å²) >= 11 is 5.62. The lowest BCUT2D eigenvalue weighted by Gasteiger charge is -2.02. The molecule has 104 valence electrons. The number of rotatable bonds is 2. The van der Waals surface area contributed by atoms with Gasteiger partial charge in [-0.05, 0) is 19.1 Å². The second-order valence-electron chi connectivity index (χ2n) is 3.13. The molecule has 7 nitrogen and oxygen atoms in total. The van der Waals surface area contributed by atoms with Gasteiger partial charge in [0.05, 0.1) is 12.2 Å². The van der Waals surface area contributed by atoms with Crippen molar-refractivity contribution in [2.24, 2.45) is 5.73 Å². The Kier molecular flexibility index (Phi) is 7.87. The first-order valence-electron chi connectivity index (χ1n) is 5.27. The van der Waals surface area contributed by atoms with E-state index in [9.17, 15) is 9.59 Å². The molecule has 0 atom stereocenters. The Bertz CT molecular complexity index is 465. The highest BCUT2D eigenvalue weighted by Crippen LogP contribution is 2.10. The van der Waals surface area contributed by atoms with Gasteiger partial charge in [-0.2, -0.15) is 0 Å². The van der Waals surface area contributed by atoms with E-state index in [1.165, 1.54) is 19.2 Å². The molecule has 1 heterocycles. The smallest absolute Gasteiger partial charge is 0.302 e. The third-order valence-electron chi connectivity index (χ3n) is 1.60. The molecule has 0 aliphatic carbocycles. The molecular weight excluding hydrogens is 272 g/mol. The topological polar surface area (TPSA) is 118 Å². The van der Waals surface area contributed by atoms with E-state index in [2.05, 4.69) is 15.0 Å². The molecule has 0 aliphatic heterocycles. The summed E-state index contributed by atoms with van der Waals surface area (Å²) in [6, 6.07) is 3.06. The maximum absolute atomic E-state index is 11.2. The molecule has 0 saturated heterocycles. The van der Waals surface area contributed by atoms with Gasteiger partial charge in [-0.15, -0.1) is 0 Å². The number of halogens is 1. The molecule has 0 fully saturated rings. The van der Waals surface area contributed by atoms with Crippen molar-refractivity contribution in [1.29, 1.82) is 5.41 Å². The molecule has 0 unspecified atom stereocenters. The minimum absolute atomic E-state index is 0.0845. The van der Waals surface area contributed by atoms with Crippen LogP contribution >= 0.6 is 11.6 Å². The fourth-order valence-electron chi connectivity index (χ4n) is 0.948. The standard InChI is InChI=1S/C7H7ClN4O.C4H8O2/c8-5-4(2-1-3-11-5)6(13)12-7(9)10;1-3-6-4(2)5/h1-3H,(H4,9,10,12,13);3H2,1-2H3. The number of aromatic nitrogens is 1. The number of hydrogen-bond donors (Lipinski definition) is 3. The number of carbonyl (C=O) groups excluding carboxylic acids is 2. The molecular formula is C11H15ClN4O3. The molecule has 1 aromatic heterocycles. The van der Waals surface area contributed by atoms with Crippen LogP contribution in [0.1, 0.15) is 24.2 Å². The van der Waals surface area contributed by atoms with Crippen LogP contribution < -0.4 is 11.1 Å². The Hall–Kier alpha value is -2.15.